The minimum atomic E-state index is -0.656. The highest BCUT2D eigenvalue weighted by atomic mass is 79.9. The number of hydrogen-bond donors (Lipinski definition) is 2. The Hall–Kier alpha value is -0.780. The van der Waals surface area contributed by atoms with E-state index in [2.05, 4.69) is 21.2 Å². The van der Waals surface area contributed by atoms with Crippen molar-refractivity contribution >= 4 is 33.4 Å². The van der Waals surface area contributed by atoms with Gasteiger partial charge in [0.25, 0.3) is 5.91 Å². The Morgan fingerprint density at radius 2 is 2.22 bits per heavy atom. The Kier molecular flexibility index (Phi) is 5.91. The number of ether oxygens (including phenoxy) is 1. The molecule has 0 saturated heterocycles. The smallest absolute Gasteiger partial charge is 0.261 e. The van der Waals surface area contributed by atoms with Crippen LogP contribution in [0.25, 0.3) is 0 Å². The molecular formula is C12H15BrClNO3. The fourth-order valence-corrected chi connectivity index (χ4v) is 2.00. The average Bonchev–Trinajstić information content (AvgIpc) is 2.32. The van der Waals surface area contributed by atoms with Crippen molar-refractivity contribution in [3.8, 4) is 5.75 Å². The first-order chi connectivity index (χ1) is 8.43. The minimum absolute atomic E-state index is 0.108. The molecule has 0 heterocycles. The van der Waals surface area contributed by atoms with Crippen LogP contribution >= 0.6 is 27.5 Å². The van der Waals surface area contributed by atoms with Crippen molar-refractivity contribution in [3.63, 3.8) is 0 Å². The van der Waals surface area contributed by atoms with E-state index in [-0.39, 0.29) is 18.6 Å². The van der Waals surface area contributed by atoms with E-state index in [0.717, 1.165) is 0 Å². The fourth-order valence-electron chi connectivity index (χ4n) is 1.22. The van der Waals surface area contributed by atoms with Gasteiger partial charge in [-0.25, -0.2) is 0 Å². The molecule has 0 saturated carbocycles. The lowest BCUT2D eigenvalue weighted by Crippen LogP contribution is -2.42. The van der Waals surface area contributed by atoms with Crippen molar-refractivity contribution in [2.45, 2.75) is 26.0 Å². The third kappa shape index (κ3) is 4.48. The van der Waals surface area contributed by atoms with E-state index in [1.165, 1.54) is 0 Å². The first-order valence-electron chi connectivity index (χ1n) is 5.47. The van der Waals surface area contributed by atoms with Crippen molar-refractivity contribution in [3.05, 3.63) is 27.7 Å². The summed E-state index contributed by atoms with van der Waals surface area (Å²) in [5.74, 6) is 0.261. The Bertz CT molecular complexity index is 428. The number of aliphatic hydroxyl groups excluding tert-OH is 1. The summed E-state index contributed by atoms with van der Waals surface area (Å²) in [6.07, 6.45) is -0.656. The van der Waals surface area contributed by atoms with E-state index < -0.39 is 6.10 Å². The van der Waals surface area contributed by atoms with Crippen LogP contribution in [0.4, 0.5) is 0 Å². The lowest BCUT2D eigenvalue weighted by Gasteiger charge is -2.18. The molecule has 1 unspecified atom stereocenters. The Labute approximate surface area is 119 Å². The highest BCUT2D eigenvalue weighted by Gasteiger charge is 2.17. The van der Waals surface area contributed by atoms with Gasteiger partial charge in [0.1, 0.15) is 5.75 Å². The summed E-state index contributed by atoms with van der Waals surface area (Å²) >= 11 is 9.12. The molecule has 2 atom stereocenters. The highest BCUT2D eigenvalue weighted by molar-refractivity contribution is 9.10. The molecule has 0 aliphatic heterocycles. The number of carbonyl (C=O) groups is 1. The van der Waals surface area contributed by atoms with Gasteiger partial charge in [-0.2, -0.15) is 0 Å². The summed E-state index contributed by atoms with van der Waals surface area (Å²) in [5.41, 5.74) is 0. The van der Waals surface area contributed by atoms with Crippen LogP contribution in [-0.4, -0.2) is 29.8 Å². The molecule has 0 aliphatic rings. The molecule has 0 radical (unpaired) electrons. The van der Waals surface area contributed by atoms with Crippen LogP contribution in [0.15, 0.2) is 22.7 Å². The monoisotopic (exact) mass is 335 g/mol. The zero-order valence-electron chi connectivity index (χ0n) is 10.1. The molecule has 18 heavy (non-hydrogen) atoms. The number of carbonyl (C=O) groups excluding carboxylic acids is 1. The number of hydrogen-bond acceptors (Lipinski definition) is 3. The maximum Gasteiger partial charge on any atom is 0.261 e. The first-order valence-corrected chi connectivity index (χ1v) is 6.64. The van der Waals surface area contributed by atoms with Crippen molar-refractivity contribution in [2.24, 2.45) is 0 Å². The lowest BCUT2D eigenvalue weighted by molar-refractivity contribution is -0.128. The zero-order chi connectivity index (χ0) is 13.7. The van der Waals surface area contributed by atoms with Crippen LogP contribution < -0.4 is 10.1 Å². The van der Waals surface area contributed by atoms with E-state index >= 15 is 0 Å². The average molecular weight is 337 g/mol. The van der Waals surface area contributed by atoms with Gasteiger partial charge in [0, 0.05) is 11.1 Å². The van der Waals surface area contributed by atoms with Crippen LogP contribution in [-0.2, 0) is 4.79 Å². The Morgan fingerprint density at radius 1 is 1.56 bits per heavy atom. The van der Waals surface area contributed by atoms with E-state index in [1.807, 2.05) is 0 Å². The predicted molar refractivity (Wildman–Crippen MR) is 73.9 cm³/mol. The molecule has 0 aliphatic carbocycles. The molecule has 6 heteroatoms. The molecule has 100 valence electrons. The summed E-state index contributed by atoms with van der Waals surface area (Å²) in [6.45, 7) is 3.24. The summed E-state index contributed by atoms with van der Waals surface area (Å²) in [5, 5.41) is 12.1. The second-order valence-electron chi connectivity index (χ2n) is 3.93. The highest BCUT2D eigenvalue weighted by Crippen LogP contribution is 2.28. The fraction of sp³-hybridized carbons (Fsp3) is 0.417. The summed E-state index contributed by atoms with van der Waals surface area (Å²) in [4.78, 5) is 11.7. The number of rotatable bonds is 5. The zero-order valence-corrected chi connectivity index (χ0v) is 12.5. The molecule has 2 N–H and O–H groups in total. The van der Waals surface area contributed by atoms with Gasteiger partial charge in [-0.15, -0.1) is 0 Å². The van der Waals surface area contributed by atoms with E-state index in [4.69, 9.17) is 21.4 Å². The van der Waals surface area contributed by atoms with Crippen LogP contribution in [0.5, 0.6) is 5.75 Å². The number of nitrogens with one attached hydrogen (secondary N) is 1. The van der Waals surface area contributed by atoms with Crippen LogP contribution in [0.1, 0.15) is 13.8 Å². The van der Waals surface area contributed by atoms with Gasteiger partial charge in [-0.3, -0.25) is 4.79 Å². The molecule has 1 rings (SSSR count). The maximum absolute atomic E-state index is 11.7. The van der Waals surface area contributed by atoms with Gasteiger partial charge >= 0.3 is 0 Å². The maximum atomic E-state index is 11.7. The molecule has 1 aromatic carbocycles. The first kappa shape index (κ1) is 15.3. The molecule has 1 aromatic rings. The van der Waals surface area contributed by atoms with Gasteiger partial charge in [-0.05, 0) is 48.0 Å². The van der Waals surface area contributed by atoms with Crippen LogP contribution in [0.2, 0.25) is 5.02 Å². The van der Waals surface area contributed by atoms with E-state index in [1.54, 1.807) is 32.0 Å². The lowest BCUT2D eigenvalue weighted by atomic mass is 10.3. The van der Waals surface area contributed by atoms with Crippen LogP contribution in [0.3, 0.4) is 0 Å². The molecule has 0 bridgehead atoms. The summed E-state index contributed by atoms with van der Waals surface area (Å²) < 4.78 is 6.19. The molecule has 0 spiro atoms. The number of amides is 1. The normalized spacial score (nSPS) is 13.8. The molecule has 4 nitrogen and oxygen atoms in total. The number of halogens is 2. The Morgan fingerprint density at radius 3 is 2.78 bits per heavy atom. The second-order valence-corrected chi connectivity index (χ2v) is 5.22. The molecule has 0 fully saturated rings. The van der Waals surface area contributed by atoms with Crippen molar-refractivity contribution in [1.82, 2.24) is 5.32 Å². The SMILES string of the molecule is CC(Oc1ccc(Cl)cc1Br)C(=O)N[C@H](C)CO. The Balaban J connectivity index is 2.63. The second kappa shape index (κ2) is 6.97. The van der Waals surface area contributed by atoms with Crippen LogP contribution in [0, 0.1) is 0 Å². The third-order valence-electron chi connectivity index (χ3n) is 2.23. The van der Waals surface area contributed by atoms with E-state index in [0.29, 0.717) is 15.2 Å². The van der Waals surface area contributed by atoms with E-state index in [9.17, 15) is 4.79 Å². The summed E-state index contributed by atoms with van der Waals surface area (Å²) in [6, 6.07) is 4.77. The van der Waals surface area contributed by atoms with Gasteiger partial charge in [0.2, 0.25) is 0 Å². The van der Waals surface area contributed by atoms with Gasteiger partial charge in [-0.1, -0.05) is 11.6 Å². The number of benzene rings is 1. The standard InChI is InChI=1S/C12H15BrClNO3/c1-7(6-16)15-12(17)8(2)18-11-4-3-9(14)5-10(11)13/h3-5,7-8,16H,6H2,1-2H3,(H,15,17)/t7-,8?/m1/s1. The van der Waals surface area contributed by atoms with Crippen molar-refractivity contribution in [2.75, 3.05) is 6.61 Å². The van der Waals surface area contributed by atoms with Gasteiger partial charge in [0.05, 0.1) is 11.1 Å². The third-order valence-corrected chi connectivity index (χ3v) is 3.08. The molecule has 1 amide bonds. The topological polar surface area (TPSA) is 58.6 Å². The predicted octanol–water partition coefficient (Wildman–Crippen LogP) is 2.37. The summed E-state index contributed by atoms with van der Waals surface area (Å²) in [7, 11) is 0. The van der Waals surface area contributed by atoms with Crippen molar-refractivity contribution < 1.29 is 14.6 Å². The molecule has 0 aromatic heterocycles. The van der Waals surface area contributed by atoms with Crippen molar-refractivity contribution in [1.29, 1.82) is 0 Å². The molecular weight excluding hydrogens is 321 g/mol. The van der Waals surface area contributed by atoms with Gasteiger partial charge < -0.3 is 15.2 Å². The largest absolute Gasteiger partial charge is 0.480 e. The quantitative estimate of drug-likeness (QED) is 0.868. The van der Waals surface area contributed by atoms with Gasteiger partial charge in [0.15, 0.2) is 6.10 Å². The minimum Gasteiger partial charge on any atom is -0.480 e. The number of aliphatic hydroxyl groups is 1.